The van der Waals surface area contributed by atoms with Crippen LogP contribution in [0.1, 0.15) is 0 Å². The van der Waals surface area contributed by atoms with Gasteiger partial charge in [-0.05, 0) is 48.5 Å². The van der Waals surface area contributed by atoms with E-state index in [-0.39, 0.29) is 17.5 Å². The van der Waals surface area contributed by atoms with Gasteiger partial charge in [0.05, 0.1) is 6.54 Å². The minimum Gasteiger partial charge on any atom is -0.508 e. The van der Waals surface area contributed by atoms with Crippen molar-refractivity contribution in [3.63, 3.8) is 0 Å². The number of aromatic hydroxyl groups is 1. The van der Waals surface area contributed by atoms with Gasteiger partial charge in [-0.2, -0.15) is 0 Å². The van der Waals surface area contributed by atoms with Crippen molar-refractivity contribution in [2.45, 2.75) is 0 Å². The highest BCUT2D eigenvalue weighted by molar-refractivity contribution is 5.92. The summed E-state index contributed by atoms with van der Waals surface area (Å²) < 4.78 is 12.9. The number of halogens is 1. The highest BCUT2D eigenvalue weighted by Crippen LogP contribution is 2.19. The van der Waals surface area contributed by atoms with E-state index in [1.54, 1.807) is 24.3 Å². The van der Waals surface area contributed by atoms with Crippen LogP contribution in [0.4, 0.5) is 15.8 Å². The second-order valence-corrected chi connectivity index (χ2v) is 5.83. The Hall–Kier alpha value is -2.60. The minimum atomic E-state index is -0.321. The summed E-state index contributed by atoms with van der Waals surface area (Å²) >= 11 is 0. The molecule has 0 saturated carbocycles. The summed E-state index contributed by atoms with van der Waals surface area (Å²) in [6, 6.07) is 12.9. The lowest BCUT2D eigenvalue weighted by atomic mass is 10.2. The zero-order valence-corrected chi connectivity index (χ0v) is 13.3. The molecule has 1 saturated heterocycles. The van der Waals surface area contributed by atoms with Crippen molar-refractivity contribution in [1.82, 2.24) is 4.90 Å². The van der Waals surface area contributed by atoms with Crippen LogP contribution in [-0.4, -0.2) is 48.6 Å². The fourth-order valence-corrected chi connectivity index (χ4v) is 2.76. The first kappa shape index (κ1) is 16.3. The van der Waals surface area contributed by atoms with Crippen molar-refractivity contribution in [3.8, 4) is 5.75 Å². The van der Waals surface area contributed by atoms with E-state index < -0.39 is 0 Å². The molecule has 3 rings (SSSR count). The first-order valence-electron chi connectivity index (χ1n) is 7.92. The number of carbonyl (C=O) groups excluding carboxylic acids is 1. The summed E-state index contributed by atoms with van der Waals surface area (Å²) in [5.41, 5.74) is 1.67. The van der Waals surface area contributed by atoms with Gasteiger partial charge in [0, 0.05) is 37.6 Å². The smallest absolute Gasteiger partial charge is 0.238 e. The summed E-state index contributed by atoms with van der Waals surface area (Å²) in [5, 5.41) is 12.1. The Morgan fingerprint density at radius 1 is 1.00 bits per heavy atom. The first-order valence-corrected chi connectivity index (χ1v) is 7.92. The zero-order valence-electron chi connectivity index (χ0n) is 13.3. The van der Waals surface area contributed by atoms with Crippen LogP contribution in [0.5, 0.6) is 5.75 Å². The van der Waals surface area contributed by atoms with Gasteiger partial charge >= 0.3 is 0 Å². The standard InChI is InChI=1S/C18H20FN3O2/c19-14-1-3-15(4-2-14)20-18(24)13-21-9-11-22(12-10-21)16-5-7-17(23)8-6-16/h1-8,23H,9-13H2,(H,20,24). The molecule has 5 nitrogen and oxygen atoms in total. The third-order valence-electron chi connectivity index (χ3n) is 4.08. The second kappa shape index (κ2) is 7.31. The van der Waals surface area contributed by atoms with E-state index in [0.29, 0.717) is 12.2 Å². The van der Waals surface area contributed by atoms with E-state index in [9.17, 15) is 14.3 Å². The lowest BCUT2D eigenvalue weighted by molar-refractivity contribution is -0.117. The Labute approximate surface area is 140 Å². The van der Waals surface area contributed by atoms with E-state index >= 15 is 0 Å². The van der Waals surface area contributed by atoms with Crippen molar-refractivity contribution < 1.29 is 14.3 Å². The fraction of sp³-hybridized carbons (Fsp3) is 0.278. The van der Waals surface area contributed by atoms with Crippen LogP contribution in [0.2, 0.25) is 0 Å². The fourth-order valence-electron chi connectivity index (χ4n) is 2.76. The number of rotatable bonds is 4. The third kappa shape index (κ3) is 4.23. The van der Waals surface area contributed by atoms with Gasteiger partial charge in [-0.3, -0.25) is 9.69 Å². The monoisotopic (exact) mass is 329 g/mol. The van der Waals surface area contributed by atoms with Gasteiger partial charge in [-0.15, -0.1) is 0 Å². The number of nitrogens with zero attached hydrogens (tertiary/aromatic N) is 2. The van der Waals surface area contributed by atoms with Gasteiger partial charge < -0.3 is 15.3 Å². The van der Waals surface area contributed by atoms with E-state index in [4.69, 9.17) is 0 Å². The molecular weight excluding hydrogens is 309 g/mol. The van der Waals surface area contributed by atoms with Crippen molar-refractivity contribution in [2.75, 3.05) is 42.9 Å². The summed E-state index contributed by atoms with van der Waals surface area (Å²) in [6.45, 7) is 3.55. The molecule has 1 aliphatic heterocycles. The molecule has 2 aromatic carbocycles. The van der Waals surface area contributed by atoms with Crippen LogP contribution in [0.15, 0.2) is 48.5 Å². The van der Waals surface area contributed by atoms with Gasteiger partial charge in [0.1, 0.15) is 11.6 Å². The number of phenols is 1. The van der Waals surface area contributed by atoms with Crippen molar-refractivity contribution in [3.05, 3.63) is 54.3 Å². The topological polar surface area (TPSA) is 55.8 Å². The maximum absolute atomic E-state index is 12.9. The maximum Gasteiger partial charge on any atom is 0.238 e. The van der Waals surface area contributed by atoms with Gasteiger partial charge in [0.25, 0.3) is 0 Å². The number of piperazine rings is 1. The highest BCUT2D eigenvalue weighted by Gasteiger charge is 2.19. The van der Waals surface area contributed by atoms with E-state index in [1.165, 1.54) is 12.1 Å². The van der Waals surface area contributed by atoms with Crippen molar-refractivity contribution in [1.29, 1.82) is 0 Å². The molecular formula is C18H20FN3O2. The summed E-state index contributed by atoms with van der Waals surface area (Å²) in [4.78, 5) is 16.4. The molecule has 24 heavy (non-hydrogen) atoms. The van der Waals surface area contributed by atoms with Gasteiger partial charge in [0.15, 0.2) is 0 Å². The van der Waals surface area contributed by atoms with E-state index in [2.05, 4.69) is 15.1 Å². The average molecular weight is 329 g/mol. The number of hydrogen-bond donors (Lipinski definition) is 2. The Balaban J connectivity index is 1.47. The summed E-state index contributed by atoms with van der Waals surface area (Å²) in [7, 11) is 0. The predicted octanol–water partition coefficient (Wildman–Crippen LogP) is 2.29. The molecule has 126 valence electrons. The third-order valence-corrected chi connectivity index (χ3v) is 4.08. The lowest BCUT2D eigenvalue weighted by Gasteiger charge is -2.35. The first-order chi connectivity index (χ1) is 11.6. The molecule has 0 aliphatic carbocycles. The quantitative estimate of drug-likeness (QED) is 0.904. The number of phenolic OH excluding ortho intramolecular Hbond substituents is 1. The number of benzene rings is 2. The molecule has 0 atom stereocenters. The molecule has 0 aromatic heterocycles. The second-order valence-electron chi connectivity index (χ2n) is 5.83. The predicted molar refractivity (Wildman–Crippen MR) is 91.8 cm³/mol. The van der Waals surface area contributed by atoms with Crippen LogP contribution in [0, 0.1) is 5.82 Å². The molecule has 1 heterocycles. The number of carbonyl (C=O) groups is 1. The summed E-state index contributed by atoms with van der Waals surface area (Å²) in [6.07, 6.45) is 0. The van der Waals surface area contributed by atoms with E-state index in [0.717, 1.165) is 31.9 Å². The SMILES string of the molecule is O=C(CN1CCN(c2ccc(O)cc2)CC1)Nc1ccc(F)cc1. The van der Waals surface area contributed by atoms with Crippen LogP contribution in [-0.2, 0) is 4.79 Å². The zero-order chi connectivity index (χ0) is 16.9. The molecule has 0 bridgehead atoms. The Bertz CT molecular complexity index is 680. The van der Waals surface area contributed by atoms with Gasteiger partial charge in [-0.1, -0.05) is 0 Å². The number of hydrogen-bond acceptors (Lipinski definition) is 4. The molecule has 6 heteroatoms. The molecule has 0 spiro atoms. The van der Waals surface area contributed by atoms with Crippen LogP contribution < -0.4 is 10.2 Å². The van der Waals surface area contributed by atoms with Gasteiger partial charge in [-0.25, -0.2) is 4.39 Å². The van der Waals surface area contributed by atoms with Crippen molar-refractivity contribution in [2.24, 2.45) is 0 Å². The number of anilines is 2. The maximum atomic E-state index is 12.9. The molecule has 1 fully saturated rings. The van der Waals surface area contributed by atoms with E-state index in [1.807, 2.05) is 12.1 Å². The molecule has 2 aromatic rings. The molecule has 1 aliphatic rings. The van der Waals surface area contributed by atoms with Gasteiger partial charge in [0.2, 0.25) is 5.91 Å². The highest BCUT2D eigenvalue weighted by atomic mass is 19.1. The van der Waals surface area contributed by atoms with Crippen LogP contribution in [0.3, 0.4) is 0 Å². The Morgan fingerprint density at radius 3 is 2.25 bits per heavy atom. The molecule has 0 unspecified atom stereocenters. The van der Waals surface area contributed by atoms with Crippen LogP contribution >= 0.6 is 0 Å². The molecule has 1 amide bonds. The number of amides is 1. The Morgan fingerprint density at radius 2 is 1.62 bits per heavy atom. The molecule has 2 N–H and O–H groups in total. The normalized spacial score (nSPS) is 15.3. The minimum absolute atomic E-state index is 0.0975. The van der Waals surface area contributed by atoms with Crippen LogP contribution in [0.25, 0.3) is 0 Å². The average Bonchev–Trinajstić information content (AvgIpc) is 2.58. The number of nitrogens with one attached hydrogen (secondary N) is 1. The largest absolute Gasteiger partial charge is 0.508 e. The Kier molecular flexibility index (Phi) is 4.96. The summed E-state index contributed by atoms with van der Waals surface area (Å²) in [5.74, 6) is -0.159. The lowest BCUT2D eigenvalue weighted by Crippen LogP contribution is -2.48. The molecule has 0 radical (unpaired) electrons. The van der Waals surface area contributed by atoms with Crippen molar-refractivity contribution >= 4 is 17.3 Å².